The van der Waals surface area contributed by atoms with E-state index in [4.69, 9.17) is 11.6 Å². The van der Waals surface area contributed by atoms with Gasteiger partial charge in [-0.3, -0.25) is 4.79 Å². The Bertz CT molecular complexity index is 989. The number of nitrogens with zero attached hydrogens (tertiary/aromatic N) is 2. The molecule has 1 amide bonds. The number of sulfonamides is 1. The van der Waals surface area contributed by atoms with E-state index >= 15 is 0 Å². The summed E-state index contributed by atoms with van der Waals surface area (Å²) in [6.45, 7) is 0.440. The first-order chi connectivity index (χ1) is 13.6. The molecule has 156 valence electrons. The van der Waals surface area contributed by atoms with Crippen LogP contribution in [0.3, 0.4) is 0 Å². The summed E-state index contributed by atoms with van der Waals surface area (Å²) in [5, 5.41) is 0.314. The number of carbonyl (C=O) groups excluding carboxylic acids is 1. The quantitative estimate of drug-likeness (QED) is 0.719. The van der Waals surface area contributed by atoms with E-state index in [1.165, 1.54) is 9.21 Å². The lowest BCUT2D eigenvalue weighted by molar-refractivity contribution is -0.274. The Morgan fingerprint density at radius 1 is 0.966 bits per heavy atom. The van der Waals surface area contributed by atoms with Crippen LogP contribution in [0, 0.1) is 0 Å². The number of ether oxygens (including phenoxy) is 1. The van der Waals surface area contributed by atoms with Gasteiger partial charge in [-0.05, 0) is 36.4 Å². The van der Waals surface area contributed by atoms with Gasteiger partial charge >= 0.3 is 6.36 Å². The normalized spacial score (nSPS) is 15.9. The summed E-state index contributed by atoms with van der Waals surface area (Å²) in [5.74, 6) is -0.798. The van der Waals surface area contributed by atoms with Crippen LogP contribution in [0.4, 0.5) is 13.2 Å². The Hall–Kier alpha value is -2.30. The molecule has 11 heteroatoms. The van der Waals surface area contributed by atoms with Crippen molar-refractivity contribution in [2.24, 2.45) is 0 Å². The zero-order valence-corrected chi connectivity index (χ0v) is 16.5. The molecule has 0 saturated carbocycles. The van der Waals surface area contributed by atoms with Gasteiger partial charge in [-0.2, -0.15) is 4.31 Å². The molecule has 1 aliphatic rings. The minimum absolute atomic E-state index is 0.0549. The maximum absolute atomic E-state index is 12.7. The third kappa shape index (κ3) is 5.01. The topological polar surface area (TPSA) is 66.9 Å². The zero-order chi connectivity index (χ0) is 21.2. The summed E-state index contributed by atoms with van der Waals surface area (Å²) in [7, 11) is -3.91. The molecule has 29 heavy (non-hydrogen) atoms. The summed E-state index contributed by atoms with van der Waals surface area (Å²) in [4.78, 5) is 13.9. The third-order valence-electron chi connectivity index (χ3n) is 4.33. The third-order valence-corrected chi connectivity index (χ3v) is 6.57. The van der Waals surface area contributed by atoms with Gasteiger partial charge < -0.3 is 9.64 Å². The maximum Gasteiger partial charge on any atom is 0.573 e. The van der Waals surface area contributed by atoms with Gasteiger partial charge in [0.05, 0.1) is 15.5 Å². The van der Waals surface area contributed by atoms with Crippen molar-refractivity contribution in [3.05, 3.63) is 59.1 Å². The summed E-state index contributed by atoms with van der Waals surface area (Å²) in [6.07, 6.45) is -4.86. The Kier molecular flexibility index (Phi) is 6.06. The summed E-state index contributed by atoms with van der Waals surface area (Å²) >= 11 is 6.04. The van der Waals surface area contributed by atoms with E-state index < -0.39 is 22.1 Å². The first kappa shape index (κ1) is 21.4. The number of rotatable bonds is 4. The highest BCUT2D eigenvalue weighted by Crippen LogP contribution is 2.26. The van der Waals surface area contributed by atoms with Crippen molar-refractivity contribution >= 4 is 27.5 Å². The smallest absolute Gasteiger partial charge is 0.406 e. The molecule has 0 unspecified atom stereocenters. The molecular weight excluding hydrogens is 433 g/mol. The lowest BCUT2D eigenvalue weighted by Crippen LogP contribution is -2.50. The molecule has 0 atom stereocenters. The van der Waals surface area contributed by atoms with Gasteiger partial charge in [-0.1, -0.05) is 23.7 Å². The highest BCUT2D eigenvalue weighted by Gasteiger charge is 2.33. The molecule has 6 nitrogen and oxygen atoms in total. The summed E-state index contributed by atoms with van der Waals surface area (Å²) in [6, 6.07) is 10.6. The highest BCUT2D eigenvalue weighted by atomic mass is 35.5. The molecule has 1 fully saturated rings. The molecule has 0 aromatic heterocycles. The number of amides is 1. The number of hydrogen-bond donors (Lipinski definition) is 0. The number of hydrogen-bond acceptors (Lipinski definition) is 4. The first-order valence-corrected chi connectivity index (χ1v) is 10.3. The van der Waals surface area contributed by atoms with Gasteiger partial charge in [0.25, 0.3) is 5.91 Å². The van der Waals surface area contributed by atoms with Gasteiger partial charge in [-0.15, -0.1) is 13.2 Å². The predicted molar refractivity (Wildman–Crippen MR) is 99.2 cm³/mol. The summed E-state index contributed by atoms with van der Waals surface area (Å²) in [5.41, 5.74) is 0.339. The second-order valence-corrected chi connectivity index (χ2v) is 8.54. The number of benzene rings is 2. The Morgan fingerprint density at radius 3 is 2.10 bits per heavy atom. The van der Waals surface area contributed by atoms with Crippen molar-refractivity contribution in [2.45, 2.75) is 11.3 Å². The zero-order valence-electron chi connectivity index (χ0n) is 14.9. The second kappa shape index (κ2) is 8.21. The number of carbonyl (C=O) groups is 1. The minimum atomic E-state index is -4.86. The lowest BCUT2D eigenvalue weighted by atomic mass is 10.2. The molecular formula is C18H16ClF3N2O4S. The maximum atomic E-state index is 12.7. The van der Waals surface area contributed by atoms with Crippen LogP contribution in [0.5, 0.6) is 5.75 Å². The number of alkyl halides is 3. The van der Waals surface area contributed by atoms with Crippen LogP contribution in [-0.4, -0.2) is 56.1 Å². The molecule has 1 aliphatic heterocycles. The molecule has 0 radical (unpaired) electrons. The van der Waals surface area contributed by atoms with Gasteiger partial charge in [0.15, 0.2) is 0 Å². The van der Waals surface area contributed by atoms with E-state index in [1.54, 1.807) is 24.3 Å². The van der Waals surface area contributed by atoms with E-state index in [2.05, 4.69) is 4.74 Å². The SMILES string of the molecule is O=C(c1ccccc1Cl)N1CCN(S(=O)(=O)c2ccc(OC(F)(F)F)cc2)CC1. The molecule has 1 saturated heterocycles. The first-order valence-electron chi connectivity index (χ1n) is 8.48. The van der Waals surface area contributed by atoms with Gasteiger partial charge in [0.1, 0.15) is 5.75 Å². The van der Waals surface area contributed by atoms with Crippen molar-refractivity contribution in [3.63, 3.8) is 0 Å². The van der Waals surface area contributed by atoms with Crippen LogP contribution in [0.25, 0.3) is 0 Å². The van der Waals surface area contributed by atoms with Crippen LogP contribution in [0.15, 0.2) is 53.4 Å². The standard InChI is InChI=1S/C18H16ClF3N2O4S/c19-16-4-2-1-3-15(16)17(25)23-9-11-24(12-10-23)29(26,27)14-7-5-13(6-8-14)28-18(20,21)22/h1-8H,9-12H2. The largest absolute Gasteiger partial charge is 0.573 e. The Morgan fingerprint density at radius 2 is 1.55 bits per heavy atom. The Balaban J connectivity index is 1.67. The molecule has 0 aliphatic carbocycles. The van der Waals surface area contributed by atoms with Crippen LogP contribution < -0.4 is 4.74 Å². The average molecular weight is 449 g/mol. The van der Waals surface area contributed by atoms with Crippen molar-refractivity contribution in [3.8, 4) is 5.75 Å². The Labute approximate surface area is 170 Å². The minimum Gasteiger partial charge on any atom is -0.406 e. The molecule has 2 aromatic rings. The van der Waals surface area contributed by atoms with E-state index in [-0.39, 0.29) is 37.0 Å². The fourth-order valence-electron chi connectivity index (χ4n) is 2.90. The molecule has 0 N–H and O–H groups in total. The lowest BCUT2D eigenvalue weighted by Gasteiger charge is -2.34. The average Bonchev–Trinajstić information content (AvgIpc) is 2.67. The summed E-state index contributed by atoms with van der Waals surface area (Å²) < 4.78 is 67.1. The van der Waals surface area contributed by atoms with Crippen LogP contribution in [0.1, 0.15) is 10.4 Å². The fraction of sp³-hybridized carbons (Fsp3) is 0.278. The van der Waals surface area contributed by atoms with Gasteiger partial charge in [0, 0.05) is 26.2 Å². The number of piperazine rings is 1. The monoisotopic (exact) mass is 448 g/mol. The van der Waals surface area contributed by atoms with Crippen LogP contribution in [0.2, 0.25) is 5.02 Å². The molecule has 1 heterocycles. The van der Waals surface area contributed by atoms with Gasteiger partial charge in [0.2, 0.25) is 10.0 Å². The van der Waals surface area contributed by atoms with Crippen LogP contribution >= 0.6 is 11.6 Å². The van der Waals surface area contributed by atoms with Crippen molar-refractivity contribution < 1.29 is 31.1 Å². The van der Waals surface area contributed by atoms with Crippen molar-refractivity contribution in [1.82, 2.24) is 9.21 Å². The second-order valence-electron chi connectivity index (χ2n) is 6.20. The number of halogens is 4. The highest BCUT2D eigenvalue weighted by molar-refractivity contribution is 7.89. The van der Waals surface area contributed by atoms with E-state index in [0.29, 0.717) is 10.6 Å². The fourth-order valence-corrected chi connectivity index (χ4v) is 4.54. The molecule has 3 rings (SSSR count). The van der Waals surface area contributed by atoms with E-state index in [0.717, 1.165) is 24.3 Å². The van der Waals surface area contributed by atoms with Crippen molar-refractivity contribution in [1.29, 1.82) is 0 Å². The molecule has 2 aromatic carbocycles. The van der Waals surface area contributed by atoms with E-state index in [9.17, 15) is 26.4 Å². The molecule has 0 bridgehead atoms. The molecule has 0 spiro atoms. The van der Waals surface area contributed by atoms with Crippen LogP contribution in [-0.2, 0) is 10.0 Å². The predicted octanol–water partition coefficient (Wildman–Crippen LogP) is 3.39. The van der Waals surface area contributed by atoms with E-state index in [1.807, 2.05) is 0 Å². The van der Waals surface area contributed by atoms with Crippen molar-refractivity contribution in [2.75, 3.05) is 26.2 Å². The van der Waals surface area contributed by atoms with Gasteiger partial charge in [-0.25, -0.2) is 8.42 Å².